The van der Waals surface area contributed by atoms with Gasteiger partial charge < -0.3 is 9.88 Å². The molecule has 3 aromatic heterocycles. The predicted molar refractivity (Wildman–Crippen MR) is 133 cm³/mol. The molecule has 2 aliphatic rings. The first-order chi connectivity index (χ1) is 17.9. The number of H-pyrrole nitrogens is 1. The Morgan fingerprint density at radius 1 is 1.14 bits per heavy atom. The Morgan fingerprint density at radius 3 is 2.62 bits per heavy atom. The Balaban J connectivity index is 1.43. The van der Waals surface area contributed by atoms with Crippen molar-refractivity contribution < 1.29 is 13.2 Å². The fourth-order valence-corrected chi connectivity index (χ4v) is 5.50. The standard InChI is InChI=1S/C26H29F3N8/c1-36-15-31-35-25(36)22(16-4-2-5-16)17-6-3-7-18(12-17)23-19-13-21(26(27,28)29)32-20(24(19)34-33-23)14-37-10-8-30-9-11-37/h3,6-7,12-13,15-16,22,30H,2,4-5,8-11,14H2,1H3,(H,33,34)/t22-/m1/s1. The van der Waals surface area contributed by atoms with Crippen LogP contribution in [-0.2, 0) is 19.8 Å². The highest BCUT2D eigenvalue weighted by Gasteiger charge is 2.35. The minimum atomic E-state index is -4.55. The molecule has 1 aliphatic carbocycles. The van der Waals surface area contributed by atoms with E-state index in [4.69, 9.17) is 0 Å². The van der Waals surface area contributed by atoms with Crippen LogP contribution in [0.1, 0.15) is 48.0 Å². The lowest BCUT2D eigenvalue weighted by molar-refractivity contribution is -0.141. The van der Waals surface area contributed by atoms with E-state index in [0.717, 1.165) is 62.0 Å². The van der Waals surface area contributed by atoms with Crippen LogP contribution in [0.3, 0.4) is 0 Å². The van der Waals surface area contributed by atoms with Crippen LogP contribution in [0.15, 0.2) is 36.7 Å². The van der Waals surface area contributed by atoms with E-state index in [1.807, 2.05) is 29.8 Å². The molecule has 2 fully saturated rings. The first kappa shape index (κ1) is 24.1. The topological polar surface area (TPSA) is 87.5 Å². The summed E-state index contributed by atoms with van der Waals surface area (Å²) in [5, 5.41) is 19.7. The van der Waals surface area contributed by atoms with Gasteiger partial charge in [0.2, 0.25) is 0 Å². The number of hydrogen-bond donors (Lipinski definition) is 2. The highest BCUT2D eigenvalue weighted by atomic mass is 19.4. The molecule has 1 aromatic carbocycles. The van der Waals surface area contributed by atoms with Crippen LogP contribution in [0.2, 0.25) is 0 Å². The molecule has 1 saturated heterocycles. The molecule has 8 nitrogen and oxygen atoms in total. The van der Waals surface area contributed by atoms with Crippen molar-refractivity contribution >= 4 is 10.9 Å². The van der Waals surface area contributed by atoms with E-state index in [9.17, 15) is 13.2 Å². The van der Waals surface area contributed by atoms with Gasteiger partial charge in [-0.1, -0.05) is 24.6 Å². The van der Waals surface area contributed by atoms with E-state index in [1.165, 1.54) is 6.42 Å². The number of piperazine rings is 1. The van der Waals surface area contributed by atoms with Crippen LogP contribution in [0.25, 0.3) is 22.2 Å². The van der Waals surface area contributed by atoms with Gasteiger partial charge in [-0.3, -0.25) is 10.00 Å². The van der Waals surface area contributed by atoms with Crippen molar-refractivity contribution in [3.8, 4) is 11.3 Å². The summed E-state index contributed by atoms with van der Waals surface area (Å²) in [5.41, 5.74) is 2.36. The van der Waals surface area contributed by atoms with Gasteiger partial charge in [-0.15, -0.1) is 10.2 Å². The quantitative estimate of drug-likeness (QED) is 0.406. The molecule has 1 saturated carbocycles. The summed E-state index contributed by atoms with van der Waals surface area (Å²) in [6.07, 6.45) is 0.568. The van der Waals surface area contributed by atoms with E-state index < -0.39 is 11.9 Å². The maximum atomic E-state index is 13.9. The largest absolute Gasteiger partial charge is 0.433 e. The number of halogens is 3. The number of pyridine rings is 1. The third kappa shape index (κ3) is 4.61. The lowest BCUT2D eigenvalue weighted by Gasteiger charge is -2.33. The molecule has 11 heteroatoms. The first-order valence-electron chi connectivity index (χ1n) is 12.7. The molecule has 1 aliphatic heterocycles. The van der Waals surface area contributed by atoms with Crippen molar-refractivity contribution in [3.63, 3.8) is 0 Å². The van der Waals surface area contributed by atoms with Gasteiger partial charge in [0.05, 0.1) is 11.2 Å². The Bertz CT molecular complexity index is 1400. The predicted octanol–water partition coefficient (Wildman–Crippen LogP) is 4.11. The number of rotatable bonds is 6. The van der Waals surface area contributed by atoms with E-state index in [2.05, 4.69) is 41.7 Å². The Hall–Kier alpha value is -3.31. The molecule has 194 valence electrons. The number of aryl methyl sites for hydroxylation is 1. The third-order valence-corrected chi connectivity index (χ3v) is 7.67. The highest BCUT2D eigenvalue weighted by Crippen LogP contribution is 2.43. The molecule has 37 heavy (non-hydrogen) atoms. The van der Waals surface area contributed by atoms with Crippen LogP contribution in [0.4, 0.5) is 13.2 Å². The van der Waals surface area contributed by atoms with Crippen molar-refractivity contribution in [1.82, 2.24) is 40.2 Å². The molecular formula is C26H29F3N8. The van der Waals surface area contributed by atoms with E-state index >= 15 is 0 Å². The van der Waals surface area contributed by atoms with Gasteiger partial charge >= 0.3 is 6.18 Å². The van der Waals surface area contributed by atoms with Gasteiger partial charge in [-0.05, 0) is 36.5 Å². The Labute approximate surface area is 212 Å². The van der Waals surface area contributed by atoms with Crippen molar-refractivity contribution in [2.75, 3.05) is 26.2 Å². The molecule has 0 radical (unpaired) electrons. The van der Waals surface area contributed by atoms with E-state index in [1.54, 1.807) is 6.33 Å². The molecule has 4 aromatic rings. The maximum absolute atomic E-state index is 13.9. The SMILES string of the molecule is Cn1cnnc1[C@@H](c1cccc(-c2n[nH]c3c(CN4CCNCC4)nc(C(F)(F)F)cc23)c1)C1CCC1. The van der Waals surface area contributed by atoms with Crippen LogP contribution in [0, 0.1) is 5.92 Å². The lowest BCUT2D eigenvalue weighted by atomic mass is 9.72. The Morgan fingerprint density at radius 2 is 1.95 bits per heavy atom. The number of nitrogens with one attached hydrogen (secondary N) is 2. The number of fused-ring (bicyclic) bond motifs is 1. The smallest absolute Gasteiger partial charge is 0.320 e. The molecule has 6 rings (SSSR count). The van der Waals surface area contributed by atoms with Gasteiger partial charge in [-0.25, -0.2) is 4.98 Å². The second-order valence-electron chi connectivity index (χ2n) is 10.1. The number of nitrogens with zero attached hydrogens (tertiary/aromatic N) is 6. The minimum absolute atomic E-state index is 0.0714. The number of aromatic nitrogens is 6. The second-order valence-corrected chi connectivity index (χ2v) is 10.1. The number of hydrogen-bond acceptors (Lipinski definition) is 6. The Kier molecular flexibility index (Phi) is 6.20. The number of alkyl halides is 3. The van der Waals surface area contributed by atoms with Crippen LogP contribution in [0.5, 0.6) is 0 Å². The van der Waals surface area contributed by atoms with Crippen molar-refractivity contribution in [2.45, 2.75) is 37.9 Å². The third-order valence-electron chi connectivity index (χ3n) is 7.67. The average molecular weight is 511 g/mol. The van der Waals surface area contributed by atoms with Crippen molar-refractivity contribution in [3.05, 3.63) is 59.4 Å². The van der Waals surface area contributed by atoms with Gasteiger partial charge in [0, 0.05) is 56.6 Å². The van der Waals surface area contributed by atoms with Crippen LogP contribution < -0.4 is 5.32 Å². The molecule has 2 N–H and O–H groups in total. The first-order valence-corrected chi connectivity index (χ1v) is 12.7. The normalized spacial score (nSPS) is 18.3. The second kappa shape index (κ2) is 9.53. The van der Waals surface area contributed by atoms with Crippen molar-refractivity contribution in [1.29, 1.82) is 0 Å². The fourth-order valence-electron chi connectivity index (χ4n) is 5.50. The summed E-state index contributed by atoms with van der Waals surface area (Å²) >= 11 is 0. The molecule has 0 unspecified atom stereocenters. The molecular weight excluding hydrogens is 481 g/mol. The summed E-state index contributed by atoms with van der Waals surface area (Å²) in [6.45, 7) is 3.45. The maximum Gasteiger partial charge on any atom is 0.433 e. The summed E-state index contributed by atoms with van der Waals surface area (Å²) in [7, 11) is 1.94. The summed E-state index contributed by atoms with van der Waals surface area (Å²) in [5.74, 6) is 1.43. The van der Waals surface area contributed by atoms with Gasteiger partial charge in [-0.2, -0.15) is 18.3 Å². The van der Waals surface area contributed by atoms with Crippen molar-refractivity contribution in [2.24, 2.45) is 13.0 Å². The summed E-state index contributed by atoms with van der Waals surface area (Å²) in [4.78, 5) is 6.14. The van der Waals surface area contributed by atoms with Gasteiger partial charge in [0.15, 0.2) is 0 Å². The van der Waals surface area contributed by atoms with E-state index in [0.29, 0.717) is 34.8 Å². The molecule has 4 heterocycles. The molecule has 1 atom stereocenters. The summed E-state index contributed by atoms with van der Waals surface area (Å²) in [6, 6.07) is 9.07. The number of benzene rings is 1. The van der Waals surface area contributed by atoms with Gasteiger partial charge in [0.1, 0.15) is 23.5 Å². The minimum Gasteiger partial charge on any atom is -0.320 e. The highest BCUT2D eigenvalue weighted by molar-refractivity contribution is 5.94. The van der Waals surface area contributed by atoms with Crippen LogP contribution in [-0.4, -0.2) is 61.0 Å². The molecule has 0 spiro atoms. The number of aromatic amines is 1. The lowest BCUT2D eigenvalue weighted by Crippen LogP contribution is -2.43. The molecule has 0 amide bonds. The summed E-state index contributed by atoms with van der Waals surface area (Å²) < 4.78 is 43.6. The van der Waals surface area contributed by atoms with E-state index in [-0.39, 0.29) is 5.92 Å². The zero-order valence-electron chi connectivity index (χ0n) is 20.6. The fraction of sp³-hybridized carbons (Fsp3) is 0.462. The zero-order valence-corrected chi connectivity index (χ0v) is 20.6. The zero-order chi connectivity index (χ0) is 25.6. The van der Waals surface area contributed by atoms with Crippen LogP contribution >= 0.6 is 0 Å². The molecule has 0 bridgehead atoms. The average Bonchev–Trinajstić information content (AvgIpc) is 3.48. The monoisotopic (exact) mass is 510 g/mol. The van der Waals surface area contributed by atoms with Gasteiger partial charge in [0.25, 0.3) is 0 Å².